The summed E-state index contributed by atoms with van der Waals surface area (Å²) in [6.45, 7) is 1.23. The van der Waals surface area contributed by atoms with Gasteiger partial charge in [-0.1, -0.05) is 6.07 Å². The molecule has 1 N–H and O–H groups in total. The molecule has 1 amide bonds. The molecule has 2 aliphatic heterocycles. The van der Waals surface area contributed by atoms with Crippen molar-refractivity contribution in [3.05, 3.63) is 32.6 Å². The van der Waals surface area contributed by atoms with Gasteiger partial charge in [-0.25, -0.2) is 4.68 Å². The predicted octanol–water partition coefficient (Wildman–Crippen LogP) is 4.60. The molecule has 0 unspecified atom stereocenters. The van der Waals surface area contributed by atoms with E-state index in [4.69, 9.17) is 0 Å². The number of halogens is 4. The molecule has 1 saturated heterocycles. The number of anilines is 1. The van der Waals surface area contributed by atoms with Crippen LogP contribution in [0.4, 0.5) is 19.0 Å². The molecule has 2 aromatic heterocycles. The van der Waals surface area contributed by atoms with Gasteiger partial charge >= 0.3 is 6.18 Å². The Hall–Kier alpha value is -1.55. The third-order valence-electron chi connectivity index (χ3n) is 4.78. The lowest BCUT2D eigenvalue weighted by molar-refractivity contribution is -0.173. The smallest absolute Gasteiger partial charge is 0.362 e. The highest BCUT2D eigenvalue weighted by Gasteiger charge is 2.48. The number of hydrogen-bond donors (Lipinski definition) is 1. The van der Waals surface area contributed by atoms with E-state index in [1.54, 1.807) is 4.90 Å². The van der Waals surface area contributed by atoms with Crippen molar-refractivity contribution in [2.75, 3.05) is 18.4 Å². The largest absolute Gasteiger partial charge is 0.410 e. The number of thiophene rings is 1. The highest BCUT2D eigenvalue weighted by Crippen LogP contribution is 2.47. The molecule has 140 valence electrons. The lowest BCUT2D eigenvalue weighted by Crippen LogP contribution is -2.35. The zero-order valence-corrected chi connectivity index (χ0v) is 16.0. The second-order valence-electron chi connectivity index (χ2n) is 6.46. The Balaban J connectivity index is 1.74. The number of alkyl halides is 3. The number of aromatic nitrogens is 2. The molecule has 2 aliphatic rings. The molecule has 0 bridgehead atoms. The van der Waals surface area contributed by atoms with Crippen LogP contribution >= 0.6 is 27.3 Å². The number of nitrogens with one attached hydrogen (secondary N) is 1. The number of carbonyl (C=O) groups excluding carboxylic acids is 1. The fraction of sp³-hybridized carbons (Fsp3) is 0.500. The van der Waals surface area contributed by atoms with E-state index >= 15 is 0 Å². The SMILES string of the molecule is O=C(c1nn2c(c1Br)N[C@H](c1cccs1)C[C@H]2C(F)(F)F)N1CCCC1. The summed E-state index contributed by atoms with van der Waals surface area (Å²) in [5, 5.41) is 9.02. The lowest BCUT2D eigenvalue weighted by Gasteiger charge is -2.33. The van der Waals surface area contributed by atoms with Gasteiger partial charge in [-0.2, -0.15) is 18.3 Å². The third-order valence-corrected chi connectivity index (χ3v) is 6.52. The van der Waals surface area contributed by atoms with Crippen LogP contribution in [0, 0.1) is 0 Å². The molecule has 0 saturated carbocycles. The van der Waals surface area contributed by atoms with Crippen LogP contribution in [0.2, 0.25) is 0 Å². The summed E-state index contributed by atoms with van der Waals surface area (Å²) in [5.41, 5.74) is 0.0375. The number of rotatable bonds is 2. The first kappa shape index (κ1) is 17.8. The van der Waals surface area contributed by atoms with Gasteiger partial charge in [0.15, 0.2) is 11.7 Å². The molecule has 26 heavy (non-hydrogen) atoms. The van der Waals surface area contributed by atoms with Crippen molar-refractivity contribution in [2.24, 2.45) is 0 Å². The van der Waals surface area contributed by atoms with Crippen LogP contribution in [-0.2, 0) is 0 Å². The quantitative estimate of drug-likeness (QED) is 0.729. The van der Waals surface area contributed by atoms with Crippen LogP contribution in [-0.4, -0.2) is 39.9 Å². The van der Waals surface area contributed by atoms with E-state index in [9.17, 15) is 18.0 Å². The maximum absolute atomic E-state index is 13.7. The number of hydrogen-bond acceptors (Lipinski definition) is 4. The van der Waals surface area contributed by atoms with Gasteiger partial charge in [0.1, 0.15) is 5.82 Å². The second-order valence-corrected chi connectivity index (χ2v) is 8.23. The van der Waals surface area contributed by atoms with Gasteiger partial charge in [-0.05, 0) is 40.2 Å². The van der Waals surface area contributed by atoms with Gasteiger partial charge in [-0.15, -0.1) is 11.3 Å². The van der Waals surface area contributed by atoms with Crippen LogP contribution in [0.3, 0.4) is 0 Å². The van der Waals surface area contributed by atoms with Crippen LogP contribution in [0.15, 0.2) is 22.0 Å². The van der Waals surface area contributed by atoms with Gasteiger partial charge in [0.25, 0.3) is 5.91 Å². The first-order chi connectivity index (χ1) is 12.4. The van der Waals surface area contributed by atoms with Crippen molar-refractivity contribution in [2.45, 2.75) is 37.5 Å². The molecule has 2 aromatic rings. The van der Waals surface area contributed by atoms with Crippen molar-refractivity contribution >= 4 is 39.0 Å². The average molecular weight is 449 g/mol. The second kappa shape index (κ2) is 6.56. The minimum atomic E-state index is -4.45. The summed E-state index contributed by atoms with van der Waals surface area (Å²) >= 11 is 4.72. The molecule has 0 spiro atoms. The predicted molar refractivity (Wildman–Crippen MR) is 95.5 cm³/mol. The molecule has 4 heterocycles. The van der Waals surface area contributed by atoms with Crippen molar-refractivity contribution in [3.8, 4) is 0 Å². The lowest BCUT2D eigenvalue weighted by atomic mass is 10.0. The number of fused-ring (bicyclic) bond motifs is 1. The standard InChI is InChI=1S/C16H16BrF3N4OS/c17-12-13(15(25)23-5-1-2-6-23)22-24-11(16(18,19)20)8-9(21-14(12)24)10-4-3-7-26-10/h3-4,7,9,11,21H,1-2,5-6,8H2/t9-,11-/m0/s1. The number of amides is 1. The Morgan fingerprint density at radius 1 is 1.35 bits per heavy atom. The van der Waals surface area contributed by atoms with Gasteiger partial charge < -0.3 is 10.2 Å². The first-order valence-corrected chi connectivity index (χ1v) is 9.97. The number of carbonyl (C=O) groups is 1. The number of nitrogens with zero attached hydrogens (tertiary/aromatic N) is 3. The topological polar surface area (TPSA) is 50.2 Å². The first-order valence-electron chi connectivity index (χ1n) is 8.30. The normalized spacial score (nSPS) is 23.0. The molecule has 10 heteroatoms. The van der Waals surface area contributed by atoms with E-state index in [-0.39, 0.29) is 23.8 Å². The van der Waals surface area contributed by atoms with E-state index < -0.39 is 18.3 Å². The Kier molecular flexibility index (Phi) is 4.50. The van der Waals surface area contributed by atoms with Gasteiger partial charge in [-0.3, -0.25) is 4.79 Å². The summed E-state index contributed by atoms with van der Waals surface area (Å²) in [4.78, 5) is 15.1. The van der Waals surface area contributed by atoms with Crippen molar-refractivity contribution in [3.63, 3.8) is 0 Å². The maximum atomic E-state index is 13.7. The molecule has 5 nitrogen and oxygen atoms in total. The Morgan fingerprint density at radius 3 is 2.69 bits per heavy atom. The van der Waals surface area contributed by atoms with Crippen molar-refractivity contribution in [1.82, 2.24) is 14.7 Å². The average Bonchev–Trinajstić information content (AvgIpc) is 3.34. The highest BCUT2D eigenvalue weighted by atomic mass is 79.9. The zero-order valence-electron chi connectivity index (χ0n) is 13.6. The van der Waals surface area contributed by atoms with Crippen LogP contribution in [0.25, 0.3) is 0 Å². The Labute approximate surface area is 160 Å². The summed E-state index contributed by atoms with van der Waals surface area (Å²) in [5.74, 6) is -0.119. The van der Waals surface area contributed by atoms with Crippen LogP contribution in [0.1, 0.15) is 46.7 Å². The molecule has 4 rings (SSSR count). The van der Waals surface area contributed by atoms with E-state index in [1.807, 2.05) is 17.5 Å². The molecule has 1 fully saturated rings. The van der Waals surface area contributed by atoms with E-state index in [1.165, 1.54) is 11.3 Å². The summed E-state index contributed by atoms with van der Waals surface area (Å²) in [6.07, 6.45) is -2.81. The van der Waals surface area contributed by atoms with Crippen LogP contribution < -0.4 is 5.32 Å². The molecule has 0 radical (unpaired) electrons. The van der Waals surface area contributed by atoms with Gasteiger partial charge in [0, 0.05) is 24.4 Å². The maximum Gasteiger partial charge on any atom is 0.410 e. The highest BCUT2D eigenvalue weighted by molar-refractivity contribution is 9.10. The minimum absolute atomic E-state index is 0.0375. The molecular weight excluding hydrogens is 433 g/mol. The summed E-state index contributed by atoms with van der Waals surface area (Å²) in [6, 6.07) is 1.37. The van der Waals surface area contributed by atoms with Gasteiger partial charge in [0.2, 0.25) is 0 Å². The zero-order chi connectivity index (χ0) is 18.5. The van der Waals surface area contributed by atoms with E-state index in [0.717, 1.165) is 22.4 Å². The monoisotopic (exact) mass is 448 g/mol. The fourth-order valence-corrected chi connectivity index (χ4v) is 4.81. The molecule has 0 aromatic carbocycles. The molecular formula is C16H16BrF3N4OS. The molecule has 0 aliphatic carbocycles. The van der Waals surface area contributed by atoms with Crippen molar-refractivity contribution in [1.29, 1.82) is 0 Å². The van der Waals surface area contributed by atoms with E-state index in [0.29, 0.717) is 17.6 Å². The van der Waals surface area contributed by atoms with E-state index in [2.05, 4.69) is 26.3 Å². The fourth-order valence-electron chi connectivity index (χ4n) is 3.47. The van der Waals surface area contributed by atoms with Gasteiger partial charge in [0.05, 0.1) is 10.5 Å². The minimum Gasteiger partial charge on any atom is -0.362 e. The Bertz CT molecular complexity index is 814. The van der Waals surface area contributed by atoms with Crippen LogP contribution in [0.5, 0.6) is 0 Å². The Morgan fingerprint density at radius 2 is 2.08 bits per heavy atom. The summed E-state index contributed by atoms with van der Waals surface area (Å²) in [7, 11) is 0. The van der Waals surface area contributed by atoms with Crippen molar-refractivity contribution < 1.29 is 18.0 Å². The molecule has 2 atom stereocenters. The summed E-state index contributed by atoms with van der Waals surface area (Å²) < 4.78 is 42.3. The third kappa shape index (κ3) is 3.02. The number of likely N-dealkylation sites (tertiary alicyclic amines) is 1.